The Morgan fingerprint density at radius 1 is 1.38 bits per heavy atom. The molecule has 0 aromatic heterocycles. The summed E-state index contributed by atoms with van der Waals surface area (Å²) in [5.41, 5.74) is 0.682. The highest BCUT2D eigenvalue weighted by Gasteiger charge is 2.32. The topological polar surface area (TPSA) is 56.8 Å². The van der Waals surface area contributed by atoms with Crippen LogP contribution in [0.25, 0.3) is 0 Å². The van der Waals surface area contributed by atoms with Gasteiger partial charge in [0.05, 0.1) is 6.61 Å². The molecule has 2 aliphatic rings. The molecule has 1 aromatic carbocycles. The quantitative estimate of drug-likeness (QED) is 0.906. The molecule has 0 spiro atoms. The third kappa shape index (κ3) is 3.47. The first kappa shape index (κ1) is 14.2. The number of hydrogen-bond acceptors (Lipinski definition) is 4. The third-order valence-corrected chi connectivity index (χ3v) is 3.57. The Morgan fingerprint density at radius 3 is 2.81 bits per heavy atom. The minimum absolute atomic E-state index is 0.145. The maximum atomic E-state index is 12.1. The summed E-state index contributed by atoms with van der Waals surface area (Å²) in [7, 11) is 0. The zero-order valence-corrected chi connectivity index (χ0v) is 12.6. The summed E-state index contributed by atoms with van der Waals surface area (Å²) in [5, 5.41) is 2.84. The first-order valence-corrected chi connectivity index (χ1v) is 7.37. The number of fused-ring (bicyclic) bond motifs is 1. The van der Waals surface area contributed by atoms with Crippen LogP contribution < -0.4 is 14.8 Å². The summed E-state index contributed by atoms with van der Waals surface area (Å²) < 4.78 is 16.8. The van der Waals surface area contributed by atoms with Crippen molar-refractivity contribution in [2.45, 2.75) is 45.5 Å². The highest BCUT2D eigenvalue weighted by molar-refractivity contribution is 5.94. The molecule has 0 bridgehead atoms. The van der Waals surface area contributed by atoms with Gasteiger partial charge in [-0.1, -0.05) is 0 Å². The van der Waals surface area contributed by atoms with Crippen molar-refractivity contribution in [3.05, 3.63) is 18.2 Å². The summed E-state index contributed by atoms with van der Waals surface area (Å²) in [5.74, 6) is 1.17. The Kier molecular flexibility index (Phi) is 3.53. The molecule has 1 heterocycles. The first-order chi connectivity index (χ1) is 9.93. The summed E-state index contributed by atoms with van der Waals surface area (Å²) in [4.78, 5) is 12.1. The lowest BCUT2D eigenvalue weighted by atomic mass is 10.2. The van der Waals surface area contributed by atoms with Crippen molar-refractivity contribution in [3.63, 3.8) is 0 Å². The van der Waals surface area contributed by atoms with E-state index in [1.807, 2.05) is 13.8 Å². The standard InChI is InChI=1S/C16H21NO4/c1-10(19-9-11-4-5-11)15(18)17-12-6-7-13-14(8-12)21-16(2,3)20-13/h6-8,10-11H,4-5,9H2,1-3H3,(H,17,18)/t10-/m0/s1. The average molecular weight is 291 g/mol. The number of nitrogens with one attached hydrogen (secondary N) is 1. The van der Waals surface area contributed by atoms with E-state index in [-0.39, 0.29) is 5.91 Å². The highest BCUT2D eigenvalue weighted by Crippen LogP contribution is 2.40. The maximum Gasteiger partial charge on any atom is 0.253 e. The molecule has 0 saturated heterocycles. The van der Waals surface area contributed by atoms with Gasteiger partial charge in [-0.15, -0.1) is 0 Å². The number of carbonyl (C=O) groups is 1. The van der Waals surface area contributed by atoms with Crippen molar-refractivity contribution >= 4 is 11.6 Å². The Balaban J connectivity index is 1.59. The van der Waals surface area contributed by atoms with Gasteiger partial charge < -0.3 is 19.5 Å². The van der Waals surface area contributed by atoms with Crippen LogP contribution in [0.4, 0.5) is 5.69 Å². The molecule has 1 N–H and O–H groups in total. The predicted molar refractivity (Wildman–Crippen MR) is 78.5 cm³/mol. The molecule has 1 saturated carbocycles. The molecular weight excluding hydrogens is 270 g/mol. The van der Waals surface area contributed by atoms with E-state index in [4.69, 9.17) is 14.2 Å². The molecule has 1 fully saturated rings. The number of anilines is 1. The average Bonchev–Trinajstić information content (AvgIpc) is 3.17. The van der Waals surface area contributed by atoms with E-state index in [9.17, 15) is 4.79 Å². The van der Waals surface area contributed by atoms with Crippen molar-refractivity contribution in [1.29, 1.82) is 0 Å². The molecule has 1 aliphatic heterocycles. The normalized spacial score (nSPS) is 20.1. The molecule has 1 amide bonds. The fourth-order valence-electron chi connectivity index (χ4n) is 2.18. The van der Waals surface area contributed by atoms with E-state index in [1.54, 1.807) is 25.1 Å². The number of carbonyl (C=O) groups excluding carboxylic acids is 1. The second kappa shape index (κ2) is 5.22. The van der Waals surface area contributed by atoms with E-state index in [1.165, 1.54) is 12.8 Å². The molecule has 114 valence electrons. The van der Waals surface area contributed by atoms with Crippen LogP contribution in [0.3, 0.4) is 0 Å². The summed E-state index contributed by atoms with van der Waals surface area (Å²) in [6.07, 6.45) is 1.98. The summed E-state index contributed by atoms with van der Waals surface area (Å²) >= 11 is 0. The third-order valence-electron chi connectivity index (χ3n) is 3.57. The van der Waals surface area contributed by atoms with Crippen LogP contribution in [0.2, 0.25) is 0 Å². The molecule has 3 rings (SSSR count). The van der Waals surface area contributed by atoms with Gasteiger partial charge in [0.15, 0.2) is 11.5 Å². The minimum Gasteiger partial charge on any atom is -0.449 e. The van der Waals surface area contributed by atoms with Gasteiger partial charge in [-0.25, -0.2) is 0 Å². The Bertz CT molecular complexity index is 551. The van der Waals surface area contributed by atoms with Gasteiger partial charge in [0.1, 0.15) is 6.10 Å². The zero-order chi connectivity index (χ0) is 15.0. The Labute approximate surface area is 124 Å². The van der Waals surface area contributed by atoms with Gasteiger partial charge in [0, 0.05) is 25.6 Å². The molecule has 1 aliphatic carbocycles. The monoisotopic (exact) mass is 291 g/mol. The van der Waals surface area contributed by atoms with E-state index in [0.717, 1.165) is 0 Å². The number of hydrogen-bond donors (Lipinski definition) is 1. The van der Waals surface area contributed by atoms with Crippen LogP contribution in [-0.4, -0.2) is 24.4 Å². The van der Waals surface area contributed by atoms with Crippen LogP contribution >= 0.6 is 0 Å². The van der Waals surface area contributed by atoms with Gasteiger partial charge >= 0.3 is 0 Å². The highest BCUT2D eigenvalue weighted by atomic mass is 16.7. The van der Waals surface area contributed by atoms with Gasteiger partial charge in [-0.3, -0.25) is 4.79 Å². The van der Waals surface area contributed by atoms with Crippen molar-refractivity contribution in [1.82, 2.24) is 0 Å². The summed E-state index contributed by atoms with van der Waals surface area (Å²) in [6.45, 7) is 6.13. The fourth-order valence-corrected chi connectivity index (χ4v) is 2.18. The van der Waals surface area contributed by atoms with Gasteiger partial charge in [-0.2, -0.15) is 0 Å². The molecule has 0 unspecified atom stereocenters. The molecule has 0 radical (unpaired) electrons. The zero-order valence-electron chi connectivity index (χ0n) is 12.6. The van der Waals surface area contributed by atoms with Crippen LogP contribution in [0.15, 0.2) is 18.2 Å². The van der Waals surface area contributed by atoms with Crippen LogP contribution in [0, 0.1) is 5.92 Å². The second-order valence-corrected chi connectivity index (χ2v) is 6.17. The fraction of sp³-hybridized carbons (Fsp3) is 0.562. The Morgan fingerprint density at radius 2 is 2.10 bits per heavy atom. The smallest absolute Gasteiger partial charge is 0.253 e. The van der Waals surface area contributed by atoms with Crippen molar-refractivity contribution in [2.24, 2.45) is 5.92 Å². The minimum atomic E-state index is -0.661. The van der Waals surface area contributed by atoms with E-state index in [2.05, 4.69) is 5.32 Å². The lowest BCUT2D eigenvalue weighted by Crippen LogP contribution is -2.29. The molecular formula is C16H21NO4. The van der Waals surface area contributed by atoms with Crippen molar-refractivity contribution < 1.29 is 19.0 Å². The SMILES string of the molecule is C[C@H](OCC1CC1)C(=O)Nc1ccc2c(c1)OC(C)(C)O2. The first-order valence-electron chi connectivity index (χ1n) is 7.37. The number of benzene rings is 1. The van der Waals surface area contributed by atoms with Crippen LogP contribution in [-0.2, 0) is 9.53 Å². The van der Waals surface area contributed by atoms with Crippen LogP contribution in [0.1, 0.15) is 33.6 Å². The maximum absolute atomic E-state index is 12.1. The van der Waals surface area contributed by atoms with Crippen molar-refractivity contribution in [3.8, 4) is 11.5 Å². The molecule has 1 aromatic rings. The summed E-state index contributed by atoms with van der Waals surface area (Å²) in [6, 6.07) is 5.38. The number of rotatable bonds is 5. The van der Waals surface area contributed by atoms with Crippen molar-refractivity contribution in [2.75, 3.05) is 11.9 Å². The largest absolute Gasteiger partial charge is 0.449 e. The van der Waals surface area contributed by atoms with Gasteiger partial charge in [0.25, 0.3) is 5.91 Å². The lowest BCUT2D eigenvalue weighted by molar-refractivity contribution is -0.126. The Hall–Kier alpha value is -1.75. The van der Waals surface area contributed by atoms with E-state index in [0.29, 0.717) is 29.7 Å². The van der Waals surface area contributed by atoms with Gasteiger partial charge in [-0.05, 0) is 37.8 Å². The van der Waals surface area contributed by atoms with Gasteiger partial charge in [0.2, 0.25) is 5.79 Å². The van der Waals surface area contributed by atoms with Crippen LogP contribution in [0.5, 0.6) is 11.5 Å². The predicted octanol–water partition coefficient (Wildman–Crippen LogP) is 2.95. The number of amides is 1. The molecule has 5 nitrogen and oxygen atoms in total. The second-order valence-electron chi connectivity index (χ2n) is 6.17. The molecule has 5 heteroatoms. The molecule has 21 heavy (non-hydrogen) atoms. The van der Waals surface area contributed by atoms with E-state index < -0.39 is 11.9 Å². The lowest BCUT2D eigenvalue weighted by Gasteiger charge is -2.16. The number of ether oxygens (including phenoxy) is 3. The van der Waals surface area contributed by atoms with E-state index >= 15 is 0 Å². The molecule has 1 atom stereocenters.